The maximum absolute atomic E-state index is 4.60. The van der Waals surface area contributed by atoms with Crippen LogP contribution in [0.3, 0.4) is 0 Å². The van der Waals surface area contributed by atoms with Gasteiger partial charge in [-0.1, -0.05) is 6.07 Å². The molecule has 0 saturated heterocycles. The van der Waals surface area contributed by atoms with Gasteiger partial charge in [0.05, 0.1) is 5.69 Å². The molecule has 0 aliphatic heterocycles. The van der Waals surface area contributed by atoms with Gasteiger partial charge in [0, 0.05) is 31.9 Å². The molecule has 1 fully saturated rings. The number of hydrogen-bond donors (Lipinski definition) is 1. The molecule has 1 aliphatic carbocycles. The Morgan fingerprint density at radius 3 is 2.75 bits per heavy atom. The van der Waals surface area contributed by atoms with Gasteiger partial charge in [-0.2, -0.15) is 11.3 Å². The van der Waals surface area contributed by atoms with E-state index in [1.54, 1.807) is 11.3 Å². The number of nitrogens with zero attached hydrogens (tertiary/aromatic N) is 2. The Labute approximate surface area is 124 Å². The largest absolute Gasteiger partial charge is 0.316 e. The minimum absolute atomic E-state index is 0.758. The van der Waals surface area contributed by atoms with E-state index in [4.69, 9.17) is 0 Å². The van der Waals surface area contributed by atoms with Gasteiger partial charge in [0.1, 0.15) is 0 Å². The third kappa shape index (κ3) is 3.66. The van der Waals surface area contributed by atoms with Crippen LogP contribution < -0.4 is 5.32 Å². The Hall–Kier alpha value is -1.23. The number of pyridine rings is 1. The zero-order chi connectivity index (χ0) is 13.8. The lowest BCUT2D eigenvalue weighted by Crippen LogP contribution is -2.25. The topological polar surface area (TPSA) is 28.2 Å². The first kappa shape index (κ1) is 13.7. The summed E-state index contributed by atoms with van der Waals surface area (Å²) in [5.41, 5.74) is 3.84. The molecule has 106 valence electrons. The molecule has 0 amide bonds. The average molecular weight is 287 g/mol. The first-order valence-electron chi connectivity index (χ1n) is 7.18. The van der Waals surface area contributed by atoms with Crippen molar-refractivity contribution in [2.45, 2.75) is 38.5 Å². The van der Waals surface area contributed by atoms with Crippen LogP contribution in [0.15, 0.2) is 35.2 Å². The van der Waals surface area contributed by atoms with Gasteiger partial charge < -0.3 is 5.32 Å². The van der Waals surface area contributed by atoms with Gasteiger partial charge in [-0.25, -0.2) is 0 Å². The predicted octanol–water partition coefficient (Wildman–Crippen LogP) is 3.03. The average Bonchev–Trinajstić information content (AvgIpc) is 3.19. The van der Waals surface area contributed by atoms with Crippen molar-refractivity contribution in [2.75, 3.05) is 7.05 Å². The second-order valence-electron chi connectivity index (χ2n) is 5.46. The van der Waals surface area contributed by atoms with Crippen molar-refractivity contribution in [2.24, 2.45) is 0 Å². The molecule has 1 aliphatic rings. The maximum atomic E-state index is 4.60. The second-order valence-corrected chi connectivity index (χ2v) is 6.24. The monoisotopic (exact) mass is 287 g/mol. The first-order chi connectivity index (χ1) is 9.85. The normalized spacial score (nSPS) is 14.9. The van der Waals surface area contributed by atoms with E-state index in [9.17, 15) is 0 Å². The van der Waals surface area contributed by atoms with Crippen LogP contribution in [0.25, 0.3) is 0 Å². The van der Waals surface area contributed by atoms with Gasteiger partial charge in [0.25, 0.3) is 0 Å². The van der Waals surface area contributed by atoms with Crippen molar-refractivity contribution < 1.29 is 0 Å². The Bertz CT molecular complexity index is 517. The highest BCUT2D eigenvalue weighted by Gasteiger charge is 2.29. The molecule has 1 N–H and O–H groups in total. The van der Waals surface area contributed by atoms with E-state index in [0.29, 0.717) is 0 Å². The summed E-state index contributed by atoms with van der Waals surface area (Å²) < 4.78 is 0. The quantitative estimate of drug-likeness (QED) is 0.848. The van der Waals surface area contributed by atoms with E-state index in [2.05, 4.69) is 44.2 Å². The molecule has 2 aromatic heterocycles. The number of thiophene rings is 1. The highest BCUT2D eigenvalue weighted by molar-refractivity contribution is 7.07. The third-order valence-electron chi connectivity index (χ3n) is 3.66. The van der Waals surface area contributed by atoms with Gasteiger partial charge in [0.2, 0.25) is 0 Å². The Balaban J connectivity index is 1.63. The molecule has 4 heteroatoms. The number of nitrogens with one attached hydrogen (secondary N) is 1. The van der Waals surface area contributed by atoms with E-state index in [1.807, 2.05) is 13.2 Å². The van der Waals surface area contributed by atoms with E-state index in [1.165, 1.54) is 29.7 Å². The Morgan fingerprint density at radius 2 is 2.15 bits per heavy atom. The summed E-state index contributed by atoms with van der Waals surface area (Å²) in [6.07, 6.45) is 4.66. The van der Waals surface area contributed by atoms with E-state index in [0.717, 1.165) is 25.7 Å². The fourth-order valence-electron chi connectivity index (χ4n) is 2.44. The van der Waals surface area contributed by atoms with Crippen LogP contribution >= 0.6 is 11.3 Å². The zero-order valence-electron chi connectivity index (χ0n) is 11.9. The zero-order valence-corrected chi connectivity index (χ0v) is 12.7. The van der Waals surface area contributed by atoms with Crippen LogP contribution in [0.2, 0.25) is 0 Å². The standard InChI is InChI=1S/C16H21N3S/c1-17-8-13-2-3-15(18-9-13)11-19(16-4-5-16)10-14-6-7-20-12-14/h2-3,6-7,9,12,16-17H,4-5,8,10-11H2,1H3. The molecule has 20 heavy (non-hydrogen) atoms. The van der Waals surface area contributed by atoms with Gasteiger partial charge in [-0.15, -0.1) is 0 Å². The Kier molecular flexibility index (Phi) is 4.45. The van der Waals surface area contributed by atoms with Crippen LogP contribution in [-0.4, -0.2) is 23.0 Å². The van der Waals surface area contributed by atoms with Crippen LogP contribution in [-0.2, 0) is 19.6 Å². The highest BCUT2D eigenvalue weighted by atomic mass is 32.1. The van der Waals surface area contributed by atoms with Crippen molar-refractivity contribution in [3.8, 4) is 0 Å². The number of aromatic nitrogens is 1. The van der Waals surface area contributed by atoms with Crippen molar-refractivity contribution in [1.82, 2.24) is 15.2 Å². The number of hydrogen-bond acceptors (Lipinski definition) is 4. The molecule has 0 aromatic carbocycles. The molecule has 3 rings (SSSR count). The fourth-order valence-corrected chi connectivity index (χ4v) is 3.10. The van der Waals surface area contributed by atoms with Crippen molar-refractivity contribution >= 4 is 11.3 Å². The molecule has 0 spiro atoms. The van der Waals surface area contributed by atoms with Crippen LogP contribution in [0.5, 0.6) is 0 Å². The smallest absolute Gasteiger partial charge is 0.0544 e. The first-order valence-corrected chi connectivity index (χ1v) is 8.13. The fraction of sp³-hybridized carbons (Fsp3) is 0.438. The summed E-state index contributed by atoms with van der Waals surface area (Å²) in [7, 11) is 1.96. The molecular formula is C16H21N3S. The van der Waals surface area contributed by atoms with Crippen LogP contribution in [0, 0.1) is 0 Å². The SMILES string of the molecule is CNCc1ccc(CN(Cc2ccsc2)C2CC2)nc1. The molecule has 0 radical (unpaired) electrons. The van der Waals surface area contributed by atoms with Gasteiger partial charge >= 0.3 is 0 Å². The van der Waals surface area contributed by atoms with E-state index >= 15 is 0 Å². The van der Waals surface area contributed by atoms with Crippen molar-refractivity contribution in [1.29, 1.82) is 0 Å². The summed E-state index contributed by atoms with van der Waals surface area (Å²) in [6, 6.07) is 7.32. The lowest BCUT2D eigenvalue weighted by molar-refractivity contribution is 0.243. The lowest BCUT2D eigenvalue weighted by Gasteiger charge is -2.21. The van der Waals surface area contributed by atoms with E-state index < -0.39 is 0 Å². The lowest BCUT2D eigenvalue weighted by atomic mass is 10.2. The van der Waals surface area contributed by atoms with Crippen molar-refractivity contribution in [3.63, 3.8) is 0 Å². The minimum Gasteiger partial charge on any atom is -0.316 e. The molecule has 2 aromatic rings. The summed E-state index contributed by atoms with van der Waals surface area (Å²) in [5.74, 6) is 0. The van der Waals surface area contributed by atoms with Gasteiger partial charge in [-0.05, 0) is 53.9 Å². The highest BCUT2D eigenvalue weighted by Crippen LogP contribution is 2.29. The molecule has 3 nitrogen and oxygen atoms in total. The summed E-state index contributed by atoms with van der Waals surface area (Å²) in [6.45, 7) is 2.89. The third-order valence-corrected chi connectivity index (χ3v) is 4.39. The van der Waals surface area contributed by atoms with Gasteiger partial charge in [-0.3, -0.25) is 9.88 Å². The van der Waals surface area contributed by atoms with Crippen LogP contribution in [0.1, 0.15) is 29.7 Å². The summed E-state index contributed by atoms with van der Waals surface area (Å²) in [4.78, 5) is 7.16. The molecule has 0 bridgehead atoms. The summed E-state index contributed by atoms with van der Waals surface area (Å²) >= 11 is 1.78. The molecule has 0 atom stereocenters. The molecule has 2 heterocycles. The second kappa shape index (κ2) is 6.48. The summed E-state index contributed by atoms with van der Waals surface area (Å²) in [5, 5.41) is 7.56. The van der Waals surface area contributed by atoms with Crippen LogP contribution in [0.4, 0.5) is 0 Å². The van der Waals surface area contributed by atoms with E-state index in [-0.39, 0.29) is 0 Å². The molecule has 0 unspecified atom stereocenters. The minimum atomic E-state index is 0.758. The Morgan fingerprint density at radius 1 is 1.25 bits per heavy atom. The molecule has 1 saturated carbocycles. The number of rotatable bonds is 7. The molecular weight excluding hydrogens is 266 g/mol. The van der Waals surface area contributed by atoms with Crippen molar-refractivity contribution in [3.05, 3.63) is 52.0 Å². The predicted molar refractivity (Wildman–Crippen MR) is 83.6 cm³/mol. The van der Waals surface area contributed by atoms with Gasteiger partial charge in [0.15, 0.2) is 0 Å². The maximum Gasteiger partial charge on any atom is 0.0544 e.